The van der Waals surface area contributed by atoms with Gasteiger partial charge in [-0.2, -0.15) is 0 Å². The highest BCUT2D eigenvalue weighted by Gasteiger charge is 2.36. The smallest absolute Gasteiger partial charge is 0.306 e. The summed E-state index contributed by atoms with van der Waals surface area (Å²) in [5.41, 5.74) is 0.784. The van der Waals surface area contributed by atoms with Gasteiger partial charge >= 0.3 is 5.97 Å². The Labute approximate surface area is 145 Å². The zero-order chi connectivity index (χ0) is 17.7. The van der Waals surface area contributed by atoms with E-state index in [1.165, 1.54) is 0 Å². The number of rotatable bonds is 8. The Balaban J connectivity index is 2.53. The van der Waals surface area contributed by atoms with Crippen molar-refractivity contribution in [2.24, 2.45) is 5.92 Å². The number of nitrogens with zero attached hydrogens (tertiary/aromatic N) is 1. The summed E-state index contributed by atoms with van der Waals surface area (Å²) in [5, 5.41) is 9.97. The molecule has 130 valence electrons. The molecule has 1 heterocycles. The molecule has 0 radical (unpaired) electrons. The SMILES string of the molecule is CC(C)(C)[Si](C)(C)OCCCC(Cc1cccnc1Cl)C(=O)O. The molecular formula is C17H28ClNO3Si. The second-order valence-corrected chi connectivity index (χ2v) is 12.6. The van der Waals surface area contributed by atoms with Crippen molar-refractivity contribution < 1.29 is 14.3 Å². The van der Waals surface area contributed by atoms with E-state index in [1.807, 2.05) is 6.07 Å². The van der Waals surface area contributed by atoms with Gasteiger partial charge in [-0.3, -0.25) is 4.79 Å². The van der Waals surface area contributed by atoms with Crippen LogP contribution in [-0.2, 0) is 15.6 Å². The van der Waals surface area contributed by atoms with E-state index in [9.17, 15) is 9.90 Å². The van der Waals surface area contributed by atoms with Gasteiger partial charge in [-0.05, 0) is 49.0 Å². The molecule has 0 spiro atoms. The largest absolute Gasteiger partial charge is 0.481 e. The molecule has 6 heteroatoms. The highest BCUT2D eigenvalue weighted by Crippen LogP contribution is 2.36. The molecule has 23 heavy (non-hydrogen) atoms. The number of aromatic nitrogens is 1. The molecule has 4 nitrogen and oxygen atoms in total. The maximum Gasteiger partial charge on any atom is 0.306 e. The summed E-state index contributed by atoms with van der Waals surface area (Å²) in [4.78, 5) is 15.5. The van der Waals surface area contributed by atoms with E-state index in [0.29, 0.717) is 24.6 Å². The van der Waals surface area contributed by atoms with Crippen molar-refractivity contribution in [3.63, 3.8) is 0 Å². The fourth-order valence-corrected chi connectivity index (χ4v) is 3.31. The van der Waals surface area contributed by atoms with Crippen LogP contribution >= 0.6 is 11.6 Å². The summed E-state index contributed by atoms with van der Waals surface area (Å²) in [5.74, 6) is -1.25. The zero-order valence-electron chi connectivity index (χ0n) is 14.7. The first-order valence-corrected chi connectivity index (χ1v) is 11.3. The van der Waals surface area contributed by atoms with Crippen LogP contribution in [0.1, 0.15) is 39.2 Å². The molecule has 1 N–H and O–H groups in total. The van der Waals surface area contributed by atoms with E-state index >= 15 is 0 Å². The van der Waals surface area contributed by atoms with Gasteiger partial charge in [0.25, 0.3) is 0 Å². The minimum absolute atomic E-state index is 0.169. The van der Waals surface area contributed by atoms with Gasteiger partial charge in [-0.25, -0.2) is 4.98 Å². The fourth-order valence-electron chi connectivity index (χ4n) is 2.02. The molecule has 0 bridgehead atoms. The number of pyridine rings is 1. The number of carboxylic acid groups (broad SMARTS) is 1. The number of aliphatic carboxylic acids is 1. The lowest BCUT2D eigenvalue weighted by Crippen LogP contribution is -2.41. The topological polar surface area (TPSA) is 59.4 Å². The third-order valence-corrected chi connectivity index (χ3v) is 9.50. The number of hydrogen-bond acceptors (Lipinski definition) is 3. The highest BCUT2D eigenvalue weighted by molar-refractivity contribution is 6.74. The lowest BCUT2D eigenvalue weighted by molar-refractivity contribution is -0.142. The third-order valence-electron chi connectivity index (χ3n) is 4.62. The van der Waals surface area contributed by atoms with E-state index in [2.05, 4.69) is 38.8 Å². The van der Waals surface area contributed by atoms with Crippen molar-refractivity contribution in [2.75, 3.05) is 6.61 Å². The summed E-state index contributed by atoms with van der Waals surface area (Å²) in [6.45, 7) is 11.6. The first-order chi connectivity index (χ1) is 10.5. The Morgan fingerprint density at radius 3 is 2.61 bits per heavy atom. The van der Waals surface area contributed by atoms with Crippen molar-refractivity contribution in [3.05, 3.63) is 29.0 Å². The normalized spacial score (nSPS) is 13.8. The van der Waals surface area contributed by atoms with Gasteiger partial charge in [0.1, 0.15) is 5.15 Å². The first-order valence-electron chi connectivity index (χ1n) is 8.01. The summed E-state index contributed by atoms with van der Waals surface area (Å²) >= 11 is 6.02. The highest BCUT2D eigenvalue weighted by atomic mass is 35.5. The van der Waals surface area contributed by atoms with Crippen molar-refractivity contribution >= 4 is 25.9 Å². The predicted molar refractivity (Wildman–Crippen MR) is 96.5 cm³/mol. The van der Waals surface area contributed by atoms with Gasteiger partial charge in [0.05, 0.1) is 5.92 Å². The van der Waals surface area contributed by atoms with Crippen LogP contribution in [0.15, 0.2) is 18.3 Å². The summed E-state index contributed by atoms with van der Waals surface area (Å²) in [7, 11) is -1.77. The number of carboxylic acids is 1. The number of carbonyl (C=O) groups is 1. The average Bonchev–Trinajstić information content (AvgIpc) is 2.42. The first kappa shape index (κ1) is 20.1. The van der Waals surface area contributed by atoms with Crippen molar-refractivity contribution in [3.8, 4) is 0 Å². The van der Waals surface area contributed by atoms with Gasteiger partial charge in [-0.15, -0.1) is 0 Å². The van der Waals surface area contributed by atoms with Crippen LogP contribution in [0.25, 0.3) is 0 Å². The molecule has 0 aromatic carbocycles. The standard InChI is InChI=1S/C17H28ClNO3Si/c1-17(2,3)23(4,5)22-11-7-9-14(16(20)21)12-13-8-6-10-19-15(13)18/h6,8,10,14H,7,9,11-12H2,1-5H3,(H,20,21). The lowest BCUT2D eigenvalue weighted by atomic mass is 9.96. The van der Waals surface area contributed by atoms with Crippen LogP contribution in [0.3, 0.4) is 0 Å². The molecule has 1 rings (SSSR count). The molecule has 0 amide bonds. The predicted octanol–water partition coefficient (Wildman–Crippen LogP) is 4.78. The summed E-state index contributed by atoms with van der Waals surface area (Å²) in [6.07, 6.45) is 3.33. The van der Waals surface area contributed by atoms with Gasteiger partial charge in [-0.1, -0.05) is 38.4 Å². The Kier molecular flexibility index (Phi) is 7.23. The quantitative estimate of drug-likeness (QED) is 0.413. The minimum Gasteiger partial charge on any atom is -0.481 e. The Morgan fingerprint density at radius 2 is 2.09 bits per heavy atom. The Bertz CT molecular complexity index is 529. The van der Waals surface area contributed by atoms with Crippen LogP contribution in [0.5, 0.6) is 0 Å². The maximum absolute atomic E-state index is 11.5. The van der Waals surface area contributed by atoms with Gasteiger partial charge in [0.15, 0.2) is 8.32 Å². The average molecular weight is 358 g/mol. The Morgan fingerprint density at radius 1 is 1.43 bits per heavy atom. The zero-order valence-corrected chi connectivity index (χ0v) is 16.5. The third kappa shape index (κ3) is 6.24. The van der Waals surface area contributed by atoms with E-state index in [-0.39, 0.29) is 5.04 Å². The molecule has 1 aromatic heterocycles. The number of halogens is 1. The Hall–Kier alpha value is -0.913. The molecule has 0 aliphatic rings. The molecule has 0 saturated heterocycles. The van der Waals surface area contributed by atoms with E-state index in [0.717, 1.165) is 12.0 Å². The van der Waals surface area contributed by atoms with Crippen molar-refractivity contribution in [1.82, 2.24) is 4.98 Å². The molecule has 0 aliphatic carbocycles. The van der Waals surface area contributed by atoms with Crippen LogP contribution in [0, 0.1) is 5.92 Å². The fraction of sp³-hybridized carbons (Fsp3) is 0.647. The second-order valence-electron chi connectivity index (χ2n) is 7.44. The molecule has 0 fully saturated rings. The molecular weight excluding hydrogens is 330 g/mol. The van der Waals surface area contributed by atoms with E-state index in [1.54, 1.807) is 12.3 Å². The van der Waals surface area contributed by atoms with Crippen LogP contribution in [0.2, 0.25) is 23.3 Å². The number of hydrogen-bond donors (Lipinski definition) is 1. The van der Waals surface area contributed by atoms with Crippen molar-refractivity contribution in [1.29, 1.82) is 0 Å². The molecule has 1 unspecified atom stereocenters. The molecule has 0 saturated carbocycles. The molecule has 1 aromatic rings. The second kappa shape index (κ2) is 8.26. The summed E-state index contributed by atoms with van der Waals surface area (Å²) < 4.78 is 6.11. The van der Waals surface area contributed by atoms with Crippen LogP contribution < -0.4 is 0 Å². The van der Waals surface area contributed by atoms with Crippen molar-refractivity contribution in [2.45, 2.75) is 58.2 Å². The van der Waals surface area contributed by atoms with Gasteiger partial charge < -0.3 is 9.53 Å². The van der Waals surface area contributed by atoms with Gasteiger partial charge in [0.2, 0.25) is 0 Å². The molecule has 0 aliphatic heterocycles. The monoisotopic (exact) mass is 357 g/mol. The lowest BCUT2D eigenvalue weighted by Gasteiger charge is -2.36. The minimum atomic E-state index is -1.77. The van der Waals surface area contributed by atoms with Crippen LogP contribution in [-0.4, -0.2) is 31.0 Å². The maximum atomic E-state index is 11.5. The van der Waals surface area contributed by atoms with Gasteiger partial charge in [0, 0.05) is 12.8 Å². The van der Waals surface area contributed by atoms with Crippen LogP contribution in [0.4, 0.5) is 0 Å². The summed E-state index contributed by atoms with van der Waals surface area (Å²) in [6, 6.07) is 3.61. The van der Waals surface area contributed by atoms with E-state index < -0.39 is 20.2 Å². The van der Waals surface area contributed by atoms with E-state index in [4.69, 9.17) is 16.0 Å². The molecule has 1 atom stereocenters.